The molecule has 116 valence electrons. The van der Waals surface area contributed by atoms with Gasteiger partial charge in [0.15, 0.2) is 0 Å². The van der Waals surface area contributed by atoms with Gasteiger partial charge in [0.05, 0.1) is 11.9 Å². The van der Waals surface area contributed by atoms with E-state index in [1.54, 1.807) is 24.5 Å². The fourth-order valence-corrected chi connectivity index (χ4v) is 2.01. The second kappa shape index (κ2) is 9.91. The normalized spacial score (nSPS) is 11.7. The van der Waals surface area contributed by atoms with Gasteiger partial charge in [-0.05, 0) is 25.5 Å². The number of unbranched alkanes of at least 4 members (excludes halogenated alkanes) is 2. The van der Waals surface area contributed by atoms with Crippen LogP contribution in [0.15, 0.2) is 24.5 Å². The smallest absolute Gasteiger partial charge is 0.224 e. The van der Waals surface area contributed by atoms with E-state index in [0.29, 0.717) is 5.69 Å². The van der Waals surface area contributed by atoms with Crippen molar-refractivity contribution >= 4 is 17.5 Å². The van der Waals surface area contributed by atoms with Crippen molar-refractivity contribution in [1.82, 2.24) is 10.3 Å². The summed E-state index contributed by atoms with van der Waals surface area (Å²) in [4.78, 5) is 27.3. The van der Waals surface area contributed by atoms with E-state index in [1.807, 2.05) is 6.92 Å². The third kappa shape index (κ3) is 8.07. The minimum Gasteiger partial charge on any atom is -0.354 e. The lowest BCUT2D eigenvalue weighted by Gasteiger charge is -2.13. The van der Waals surface area contributed by atoms with Gasteiger partial charge in [0.25, 0.3) is 0 Å². The van der Waals surface area contributed by atoms with Crippen LogP contribution in [0.5, 0.6) is 0 Å². The van der Waals surface area contributed by atoms with Gasteiger partial charge >= 0.3 is 0 Å². The van der Waals surface area contributed by atoms with Gasteiger partial charge in [-0.3, -0.25) is 14.6 Å². The number of hydrogen-bond acceptors (Lipinski definition) is 3. The van der Waals surface area contributed by atoms with Crippen molar-refractivity contribution in [1.29, 1.82) is 0 Å². The highest BCUT2D eigenvalue weighted by Crippen LogP contribution is 2.05. The van der Waals surface area contributed by atoms with Crippen LogP contribution in [-0.2, 0) is 9.59 Å². The van der Waals surface area contributed by atoms with Crippen LogP contribution in [0.4, 0.5) is 5.69 Å². The standard InChI is InChI=1S/C16H25N3O2/c1-3-4-5-7-13(2)18-15(20)9-10-16(21)19-14-8-6-11-17-12-14/h6,8,11-13H,3-5,7,9-10H2,1-2H3,(H,18,20)(H,19,21)/t13-/m1/s1. The summed E-state index contributed by atoms with van der Waals surface area (Å²) in [5, 5.41) is 5.64. The van der Waals surface area contributed by atoms with E-state index < -0.39 is 0 Å². The number of aromatic nitrogens is 1. The molecule has 0 spiro atoms. The monoisotopic (exact) mass is 291 g/mol. The zero-order valence-electron chi connectivity index (χ0n) is 12.9. The lowest BCUT2D eigenvalue weighted by atomic mass is 10.1. The zero-order valence-corrected chi connectivity index (χ0v) is 12.9. The molecule has 1 rings (SSSR count). The summed E-state index contributed by atoms with van der Waals surface area (Å²) < 4.78 is 0. The summed E-state index contributed by atoms with van der Waals surface area (Å²) >= 11 is 0. The Morgan fingerprint density at radius 2 is 2.00 bits per heavy atom. The number of carbonyl (C=O) groups is 2. The highest BCUT2D eigenvalue weighted by atomic mass is 16.2. The van der Waals surface area contributed by atoms with E-state index in [2.05, 4.69) is 22.5 Å². The predicted molar refractivity (Wildman–Crippen MR) is 83.8 cm³/mol. The molecule has 5 nitrogen and oxygen atoms in total. The Balaban J connectivity index is 2.18. The molecule has 0 radical (unpaired) electrons. The highest BCUT2D eigenvalue weighted by Gasteiger charge is 2.10. The first-order chi connectivity index (χ1) is 10.1. The number of amides is 2. The van der Waals surface area contributed by atoms with Crippen LogP contribution >= 0.6 is 0 Å². The Hall–Kier alpha value is -1.91. The lowest BCUT2D eigenvalue weighted by molar-refractivity contribution is -0.124. The van der Waals surface area contributed by atoms with Crippen LogP contribution in [0.25, 0.3) is 0 Å². The molecule has 0 saturated heterocycles. The van der Waals surface area contributed by atoms with Gasteiger partial charge in [-0.25, -0.2) is 0 Å². The average Bonchev–Trinajstić information content (AvgIpc) is 2.46. The first kappa shape index (κ1) is 17.1. The van der Waals surface area contributed by atoms with Crippen molar-refractivity contribution in [3.8, 4) is 0 Å². The topological polar surface area (TPSA) is 71.1 Å². The summed E-state index contributed by atoms with van der Waals surface area (Å²) in [6.45, 7) is 4.16. The number of carbonyl (C=O) groups excluding carboxylic acids is 2. The predicted octanol–water partition coefficient (Wildman–Crippen LogP) is 2.89. The van der Waals surface area contributed by atoms with Crippen molar-refractivity contribution in [2.45, 2.75) is 58.4 Å². The van der Waals surface area contributed by atoms with Gasteiger partial charge in [-0.1, -0.05) is 26.2 Å². The van der Waals surface area contributed by atoms with E-state index in [0.717, 1.165) is 12.8 Å². The molecular formula is C16H25N3O2. The molecular weight excluding hydrogens is 266 g/mol. The second-order valence-electron chi connectivity index (χ2n) is 5.25. The molecule has 1 atom stereocenters. The third-order valence-electron chi connectivity index (χ3n) is 3.17. The van der Waals surface area contributed by atoms with E-state index >= 15 is 0 Å². The van der Waals surface area contributed by atoms with Crippen molar-refractivity contribution in [3.05, 3.63) is 24.5 Å². The average molecular weight is 291 g/mol. The minimum atomic E-state index is -0.170. The molecule has 5 heteroatoms. The highest BCUT2D eigenvalue weighted by molar-refractivity contribution is 5.93. The summed E-state index contributed by atoms with van der Waals surface area (Å²) in [5.41, 5.74) is 0.649. The molecule has 0 unspecified atom stereocenters. The molecule has 2 N–H and O–H groups in total. The van der Waals surface area contributed by atoms with Crippen LogP contribution in [0, 0.1) is 0 Å². The second-order valence-corrected chi connectivity index (χ2v) is 5.25. The van der Waals surface area contributed by atoms with Crippen LogP contribution in [0.3, 0.4) is 0 Å². The van der Waals surface area contributed by atoms with Crippen LogP contribution in [0.1, 0.15) is 52.4 Å². The van der Waals surface area contributed by atoms with E-state index in [9.17, 15) is 9.59 Å². The first-order valence-electron chi connectivity index (χ1n) is 7.61. The Bertz CT molecular complexity index is 434. The van der Waals surface area contributed by atoms with Gasteiger partial charge in [0.1, 0.15) is 0 Å². The van der Waals surface area contributed by atoms with E-state index in [1.165, 1.54) is 12.8 Å². The lowest BCUT2D eigenvalue weighted by Crippen LogP contribution is -2.33. The Morgan fingerprint density at radius 1 is 1.24 bits per heavy atom. The molecule has 0 bridgehead atoms. The molecule has 0 aromatic carbocycles. The molecule has 0 aliphatic carbocycles. The molecule has 0 aliphatic rings. The molecule has 0 saturated carbocycles. The van der Waals surface area contributed by atoms with Crippen LogP contribution in [-0.4, -0.2) is 22.8 Å². The maximum absolute atomic E-state index is 11.7. The van der Waals surface area contributed by atoms with E-state index in [4.69, 9.17) is 0 Å². The van der Waals surface area contributed by atoms with Crippen molar-refractivity contribution in [3.63, 3.8) is 0 Å². The Morgan fingerprint density at radius 3 is 2.67 bits per heavy atom. The molecule has 1 heterocycles. The summed E-state index contributed by atoms with van der Waals surface area (Å²) in [6.07, 6.45) is 8.09. The minimum absolute atomic E-state index is 0.0691. The quantitative estimate of drug-likeness (QED) is 0.687. The van der Waals surface area contributed by atoms with E-state index in [-0.39, 0.29) is 30.7 Å². The third-order valence-corrected chi connectivity index (χ3v) is 3.17. The van der Waals surface area contributed by atoms with Crippen LogP contribution < -0.4 is 10.6 Å². The van der Waals surface area contributed by atoms with Gasteiger partial charge in [-0.15, -0.1) is 0 Å². The zero-order chi connectivity index (χ0) is 15.5. The van der Waals surface area contributed by atoms with Crippen molar-refractivity contribution in [2.75, 3.05) is 5.32 Å². The Kier molecular flexibility index (Phi) is 8.09. The van der Waals surface area contributed by atoms with Crippen LogP contribution in [0.2, 0.25) is 0 Å². The first-order valence-corrected chi connectivity index (χ1v) is 7.61. The summed E-state index contributed by atoms with van der Waals surface area (Å²) in [7, 11) is 0. The molecule has 21 heavy (non-hydrogen) atoms. The van der Waals surface area contributed by atoms with Gasteiger partial charge in [0.2, 0.25) is 11.8 Å². The maximum Gasteiger partial charge on any atom is 0.224 e. The van der Waals surface area contributed by atoms with Gasteiger partial charge in [0, 0.05) is 25.1 Å². The number of anilines is 1. The van der Waals surface area contributed by atoms with Crippen molar-refractivity contribution in [2.24, 2.45) is 0 Å². The maximum atomic E-state index is 11.7. The SMILES string of the molecule is CCCCC[C@@H](C)NC(=O)CCC(=O)Nc1cccnc1. The van der Waals surface area contributed by atoms with Crippen molar-refractivity contribution < 1.29 is 9.59 Å². The van der Waals surface area contributed by atoms with Gasteiger partial charge < -0.3 is 10.6 Å². The fraction of sp³-hybridized carbons (Fsp3) is 0.562. The molecule has 0 aliphatic heterocycles. The summed E-state index contributed by atoms with van der Waals surface area (Å²) in [5.74, 6) is -0.239. The molecule has 0 fully saturated rings. The number of hydrogen-bond donors (Lipinski definition) is 2. The fourth-order valence-electron chi connectivity index (χ4n) is 2.01. The van der Waals surface area contributed by atoms with Gasteiger partial charge in [-0.2, -0.15) is 0 Å². The molecule has 1 aromatic heterocycles. The number of pyridine rings is 1. The largest absolute Gasteiger partial charge is 0.354 e. The number of rotatable bonds is 9. The molecule has 2 amide bonds. The molecule has 1 aromatic rings. The number of nitrogens with zero attached hydrogens (tertiary/aromatic N) is 1. The summed E-state index contributed by atoms with van der Waals surface area (Å²) in [6, 6.07) is 3.69. The Labute approximate surface area is 126 Å². The number of nitrogens with one attached hydrogen (secondary N) is 2.